The van der Waals surface area contributed by atoms with Gasteiger partial charge in [-0.15, -0.1) is 0 Å². The molecule has 104 valence electrons. The van der Waals surface area contributed by atoms with Gasteiger partial charge in [0.2, 0.25) is 0 Å². The average molecular weight is 283 g/mol. The van der Waals surface area contributed by atoms with E-state index in [4.69, 9.17) is 26.8 Å². The van der Waals surface area contributed by atoms with Gasteiger partial charge >= 0.3 is 0 Å². The molecule has 1 aromatic rings. The molecule has 2 atom stereocenters. The van der Waals surface area contributed by atoms with Crippen molar-refractivity contribution >= 4 is 11.6 Å². The molecule has 5 heteroatoms. The Morgan fingerprint density at radius 3 is 2.63 bits per heavy atom. The van der Waals surface area contributed by atoms with Gasteiger partial charge in [0.1, 0.15) is 13.2 Å². The van der Waals surface area contributed by atoms with Crippen molar-refractivity contribution in [3.8, 4) is 11.5 Å². The lowest BCUT2D eigenvalue weighted by Gasteiger charge is -2.24. The van der Waals surface area contributed by atoms with Crippen LogP contribution in [0, 0.1) is 5.92 Å². The lowest BCUT2D eigenvalue weighted by molar-refractivity contribution is 0.171. The van der Waals surface area contributed by atoms with Crippen molar-refractivity contribution in [2.45, 2.75) is 12.5 Å². The average Bonchev–Trinajstić information content (AvgIpc) is 2.79. The Morgan fingerprint density at radius 2 is 2.00 bits per heavy atom. The number of ether oxygens (including phenoxy) is 2. The van der Waals surface area contributed by atoms with Crippen LogP contribution in [0.2, 0.25) is 5.02 Å². The van der Waals surface area contributed by atoms with Gasteiger partial charge in [-0.2, -0.15) is 0 Å². The maximum atomic E-state index is 6.40. The number of hydrogen-bond acceptors (Lipinski definition) is 4. The lowest BCUT2D eigenvalue weighted by Crippen LogP contribution is -2.21. The highest BCUT2D eigenvalue weighted by atomic mass is 35.5. The summed E-state index contributed by atoms with van der Waals surface area (Å²) in [5.41, 5.74) is 6.90. The van der Waals surface area contributed by atoms with Gasteiger partial charge in [-0.25, -0.2) is 0 Å². The van der Waals surface area contributed by atoms with Crippen LogP contribution in [0.1, 0.15) is 18.0 Å². The van der Waals surface area contributed by atoms with Gasteiger partial charge in [-0.1, -0.05) is 11.6 Å². The van der Waals surface area contributed by atoms with Gasteiger partial charge in [0.15, 0.2) is 11.5 Å². The van der Waals surface area contributed by atoms with Crippen LogP contribution in [0.5, 0.6) is 11.5 Å². The number of rotatable bonds is 2. The van der Waals surface area contributed by atoms with Crippen molar-refractivity contribution in [1.29, 1.82) is 0 Å². The third kappa shape index (κ3) is 2.40. The maximum Gasteiger partial charge on any atom is 0.162 e. The number of likely N-dealkylation sites (tertiary alicyclic amines) is 1. The van der Waals surface area contributed by atoms with Crippen LogP contribution in [-0.2, 0) is 0 Å². The van der Waals surface area contributed by atoms with Crippen LogP contribution < -0.4 is 15.2 Å². The molecule has 0 aromatic heterocycles. The van der Waals surface area contributed by atoms with Gasteiger partial charge < -0.3 is 15.2 Å². The predicted molar refractivity (Wildman–Crippen MR) is 75.0 cm³/mol. The first-order chi connectivity index (χ1) is 9.19. The summed E-state index contributed by atoms with van der Waals surface area (Å²) in [6, 6.07) is 4.21. The van der Waals surface area contributed by atoms with Crippen molar-refractivity contribution in [1.82, 2.24) is 4.90 Å². The van der Waals surface area contributed by atoms with Crippen molar-refractivity contribution in [2.75, 3.05) is 33.4 Å². The summed E-state index contributed by atoms with van der Waals surface area (Å²) >= 11 is 6.40. The topological polar surface area (TPSA) is 47.7 Å². The first-order valence-corrected chi connectivity index (χ1v) is 7.06. The van der Waals surface area contributed by atoms with E-state index in [-0.39, 0.29) is 0 Å². The van der Waals surface area contributed by atoms with Gasteiger partial charge in [0.25, 0.3) is 0 Å². The second-order valence-corrected chi connectivity index (χ2v) is 5.72. The van der Waals surface area contributed by atoms with Crippen LogP contribution in [0.4, 0.5) is 0 Å². The predicted octanol–water partition coefficient (Wildman–Crippen LogP) is 2.06. The Balaban J connectivity index is 1.92. The minimum absolute atomic E-state index is 0.317. The zero-order chi connectivity index (χ0) is 13.4. The fourth-order valence-corrected chi connectivity index (χ4v) is 3.25. The second kappa shape index (κ2) is 5.19. The third-order valence-electron chi connectivity index (χ3n) is 3.99. The molecule has 0 radical (unpaired) electrons. The largest absolute Gasteiger partial charge is 0.486 e. The van der Waals surface area contributed by atoms with E-state index in [1.54, 1.807) is 0 Å². The number of fused-ring (bicyclic) bond motifs is 1. The number of nitrogens with two attached hydrogens (primary N) is 1. The molecule has 19 heavy (non-hydrogen) atoms. The van der Waals surface area contributed by atoms with E-state index in [0.717, 1.165) is 41.6 Å². The molecule has 2 unspecified atom stereocenters. The molecule has 0 amide bonds. The van der Waals surface area contributed by atoms with Crippen molar-refractivity contribution < 1.29 is 9.47 Å². The molecule has 1 aromatic carbocycles. The summed E-state index contributed by atoms with van der Waals surface area (Å²) in [6.45, 7) is 2.93. The molecule has 1 saturated heterocycles. The van der Waals surface area contributed by atoms with Crippen LogP contribution >= 0.6 is 11.6 Å². The van der Waals surface area contributed by atoms with Crippen molar-refractivity contribution in [2.24, 2.45) is 11.7 Å². The number of nitrogens with zero attached hydrogens (tertiary/aromatic N) is 1. The summed E-state index contributed by atoms with van der Waals surface area (Å²) in [5.74, 6) is 2.09. The Bertz CT molecular complexity index is 481. The van der Waals surface area contributed by atoms with Crippen LogP contribution in [-0.4, -0.2) is 38.3 Å². The van der Waals surface area contributed by atoms with Crippen molar-refractivity contribution in [3.63, 3.8) is 0 Å². The molecular formula is C14H19ClN2O2. The van der Waals surface area contributed by atoms with Gasteiger partial charge in [0.05, 0.1) is 0 Å². The fraction of sp³-hybridized carbons (Fsp3) is 0.571. The highest BCUT2D eigenvalue weighted by Crippen LogP contribution is 2.42. The third-order valence-corrected chi connectivity index (χ3v) is 4.32. The molecule has 2 aliphatic heterocycles. The minimum Gasteiger partial charge on any atom is -0.486 e. The quantitative estimate of drug-likeness (QED) is 0.902. The summed E-state index contributed by atoms with van der Waals surface area (Å²) < 4.78 is 11.2. The molecule has 4 nitrogen and oxygen atoms in total. The van der Waals surface area contributed by atoms with E-state index in [0.29, 0.717) is 25.2 Å². The lowest BCUT2D eigenvalue weighted by atomic mass is 9.99. The molecule has 0 saturated carbocycles. The first-order valence-electron chi connectivity index (χ1n) is 6.68. The maximum absolute atomic E-state index is 6.40. The molecule has 2 aliphatic rings. The molecular weight excluding hydrogens is 264 g/mol. The molecule has 3 rings (SSSR count). The van der Waals surface area contributed by atoms with Gasteiger partial charge in [-0.05, 0) is 37.6 Å². The van der Waals surface area contributed by atoms with E-state index in [2.05, 4.69) is 11.9 Å². The van der Waals surface area contributed by atoms with Gasteiger partial charge in [-0.3, -0.25) is 4.90 Å². The Hall–Kier alpha value is -0.970. The van der Waals surface area contributed by atoms with Crippen LogP contribution in [0.15, 0.2) is 12.1 Å². The Kier molecular flexibility index (Phi) is 3.56. The number of hydrogen-bond donors (Lipinski definition) is 1. The summed E-state index contributed by atoms with van der Waals surface area (Å²) in [7, 11) is 2.12. The normalized spacial score (nSPS) is 26.7. The fourth-order valence-electron chi connectivity index (χ4n) is 2.97. The Labute approximate surface area is 118 Å². The second-order valence-electron chi connectivity index (χ2n) is 5.31. The van der Waals surface area contributed by atoms with Gasteiger partial charge in [0, 0.05) is 23.7 Å². The zero-order valence-electron chi connectivity index (χ0n) is 11.1. The van der Waals surface area contributed by atoms with E-state index in [9.17, 15) is 0 Å². The van der Waals surface area contributed by atoms with Crippen molar-refractivity contribution in [3.05, 3.63) is 22.7 Å². The smallest absolute Gasteiger partial charge is 0.162 e. The van der Waals surface area contributed by atoms with Crippen LogP contribution in [0.3, 0.4) is 0 Å². The molecule has 2 N–H and O–H groups in total. The standard InChI is InChI=1S/C14H19ClN2O2/c1-17-8-9(7-16)4-12(17)10-5-13-14(6-11(10)15)19-3-2-18-13/h5-6,9,12H,2-4,7-8,16H2,1H3. The summed E-state index contributed by atoms with van der Waals surface area (Å²) in [4.78, 5) is 2.31. The molecule has 0 spiro atoms. The zero-order valence-corrected chi connectivity index (χ0v) is 11.8. The molecule has 2 heterocycles. The highest BCUT2D eigenvalue weighted by Gasteiger charge is 2.32. The minimum atomic E-state index is 0.317. The van der Waals surface area contributed by atoms with E-state index in [1.165, 1.54) is 0 Å². The number of halogens is 1. The summed E-state index contributed by atoms with van der Waals surface area (Å²) in [6.07, 6.45) is 1.05. The SMILES string of the molecule is CN1CC(CN)CC1c1cc2c(cc1Cl)OCCO2. The molecule has 0 bridgehead atoms. The number of benzene rings is 1. The molecule has 0 aliphatic carbocycles. The van der Waals surface area contributed by atoms with E-state index >= 15 is 0 Å². The first kappa shape index (κ1) is 13.0. The Morgan fingerprint density at radius 1 is 1.32 bits per heavy atom. The van der Waals surface area contributed by atoms with E-state index in [1.807, 2.05) is 12.1 Å². The van der Waals surface area contributed by atoms with E-state index < -0.39 is 0 Å². The van der Waals surface area contributed by atoms with Crippen LogP contribution in [0.25, 0.3) is 0 Å². The monoisotopic (exact) mass is 282 g/mol. The molecule has 1 fully saturated rings. The summed E-state index contributed by atoms with van der Waals surface area (Å²) in [5, 5.41) is 0.749. The highest BCUT2D eigenvalue weighted by molar-refractivity contribution is 6.31.